The van der Waals surface area contributed by atoms with Crippen molar-refractivity contribution in [1.82, 2.24) is 10.3 Å². The monoisotopic (exact) mass is 554 g/mol. The molecule has 3 aromatic rings. The van der Waals surface area contributed by atoms with Crippen LogP contribution in [-0.4, -0.2) is 42.0 Å². The standard InChI is InChI=1S/C29H32Cl2N4O3/c1-4-35(33-3)26-10-9-22(17(2)28(26)32)24(15-27(36)37)19-6-5-18-11-12-34(16-20(18)13-19)29(38)23-8-7-21(30)14-25(23)31/h5-10,13-14,24,33H,4,11-12,15-16,32H2,1-3H3,(H,36,37). The maximum absolute atomic E-state index is 13.2. The maximum atomic E-state index is 13.2. The van der Waals surface area contributed by atoms with Crippen LogP contribution in [0, 0.1) is 6.92 Å². The van der Waals surface area contributed by atoms with Gasteiger partial charge in [0.15, 0.2) is 0 Å². The maximum Gasteiger partial charge on any atom is 0.304 e. The van der Waals surface area contributed by atoms with Crippen molar-refractivity contribution in [2.45, 2.75) is 39.2 Å². The number of nitrogen functional groups attached to an aromatic ring is 1. The van der Waals surface area contributed by atoms with E-state index in [0.717, 1.165) is 40.0 Å². The van der Waals surface area contributed by atoms with Crippen molar-refractivity contribution >= 4 is 46.5 Å². The molecule has 3 aromatic carbocycles. The van der Waals surface area contributed by atoms with Crippen LogP contribution in [0.5, 0.6) is 0 Å². The van der Waals surface area contributed by atoms with Gasteiger partial charge in [-0.1, -0.05) is 47.5 Å². The average Bonchev–Trinajstić information content (AvgIpc) is 2.89. The molecular formula is C29H32Cl2N4O3. The molecule has 1 aliphatic rings. The number of amides is 1. The molecule has 38 heavy (non-hydrogen) atoms. The summed E-state index contributed by atoms with van der Waals surface area (Å²) in [4.78, 5) is 26.9. The van der Waals surface area contributed by atoms with Crippen molar-refractivity contribution in [3.05, 3.63) is 92.0 Å². The number of rotatable bonds is 8. The lowest BCUT2D eigenvalue weighted by Gasteiger charge is -2.31. The lowest BCUT2D eigenvalue weighted by Crippen LogP contribution is -2.36. The molecular weight excluding hydrogens is 523 g/mol. The van der Waals surface area contributed by atoms with E-state index in [2.05, 4.69) is 5.43 Å². The van der Waals surface area contributed by atoms with Gasteiger partial charge >= 0.3 is 5.97 Å². The Morgan fingerprint density at radius 3 is 2.55 bits per heavy atom. The summed E-state index contributed by atoms with van der Waals surface area (Å²) >= 11 is 12.3. The quantitative estimate of drug-likeness (QED) is 0.246. The fourth-order valence-corrected chi connectivity index (χ4v) is 5.66. The van der Waals surface area contributed by atoms with Crippen LogP contribution < -0.4 is 16.2 Å². The number of carboxylic acids is 1. The summed E-state index contributed by atoms with van der Waals surface area (Å²) in [5.74, 6) is -1.45. The number of hydrogen-bond donors (Lipinski definition) is 3. The number of nitrogens with zero attached hydrogens (tertiary/aromatic N) is 2. The molecule has 0 aliphatic carbocycles. The molecule has 1 aliphatic heterocycles. The number of fused-ring (bicyclic) bond motifs is 1. The summed E-state index contributed by atoms with van der Waals surface area (Å²) < 4.78 is 0. The van der Waals surface area contributed by atoms with Crippen LogP contribution in [0.2, 0.25) is 10.0 Å². The Balaban J connectivity index is 1.68. The minimum atomic E-state index is -0.894. The molecule has 7 nitrogen and oxygen atoms in total. The summed E-state index contributed by atoms with van der Waals surface area (Å²) in [5, 5.41) is 12.5. The van der Waals surface area contributed by atoms with Crippen LogP contribution in [0.3, 0.4) is 0 Å². The van der Waals surface area contributed by atoms with Crippen LogP contribution in [0.15, 0.2) is 48.5 Å². The van der Waals surface area contributed by atoms with Crippen LogP contribution in [0.1, 0.15) is 57.4 Å². The summed E-state index contributed by atoms with van der Waals surface area (Å²) in [6.07, 6.45) is 0.624. The molecule has 4 N–H and O–H groups in total. The third-order valence-electron chi connectivity index (χ3n) is 7.26. The van der Waals surface area contributed by atoms with E-state index in [4.69, 9.17) is 28.9 Å². The number of hydrogen-bond acceptors (Lipinski definition) is 5. The topological polar surface area (TPSA) is 98.9 Å². The molecule has 1 heterocycles. The summed E-state index contributed by atoms with van der Waals surface area (Å²) in [7, 11) is 1.83. The Kier molecular flexibility index (Phi) is 8.51. The van der Waals surface area contributed by atoms with E-state index in [1.54, 1.807) is 23.1 Å². The van der Waals surface area contributed by atoms with Gasteiger partial charge in [-0.25, -0.2) is 5.43 Å². The van der Waals surface area contributed by atoms with E-state index < -0.39 is 11.9 Å². The second-order valence-corrected chi connectivity index (χ2v) is 10.3. The zero-order chi connectivity index (χ0) is 27.6. The summed E-state index contributed by atoms with van der Waals surface area (Å²) in [6.45, 7) is 5.66. The lowest BCUT2D eigenvalue weighted by molar-refractivity contribution is -0.137. The molecule has 1 unspecified atom stereocenters. The number of hydrazine groups is 1. The number of carboxylic acid groups (broad SMARTS) is 1. The number of carbonyl (C=O) groups excluding carboxylic acids is 1. The third kappa shape index (κ3) is 5.60. The minimum Gasteiger partial charge on any atom is -0.481 e. The Hall–Kier alpha value is -3.26. The normalized spacial score (nSPS) is 13.7. The first-order valence-electron chi connectivity index (χ1n) is 12.6. The minimum absolute atomic E-state index is 0.0784. The summed E-state index contributed by atoms with van der Waals surface area (Å²) in [6, 6.07) is 14.8. The van der Waals surface area contributed by atoms with E-state index in [-0.39, 0.29) is 12.3 Å². The van der Waals surface area contributed by atoms with Crippen LogP contribution in [0.4, 0.5) is 11.4 Å². The van der Waals surface area contributed by atoms with Crippen LogP contribution in [-0.2, 0) is 17.8 Å². The molecule has 0 saturated heterocycles. The van der Waals surface area contributed by atoms with Gasteiger partial charge in [-0.05, 0) is 72.4 Å². The molecule has 200 valence electrons. The molecule has 4 rings (SSSR count). The highest BCUT2D eigenvalue weighted by atomic mass is 35.5. The van der Waals surface area contributed by atoms with E-state index >= 15 is 0 Å². The molecule has 0 radical (unpaired) electrons. The van der Waals surface area contributed by atoms with E-state index in [0.29, 0.717) is 40.8 Å². The zero-order valence-electron chi connectivity index (χ0n) is 21.7. The van der Waals surface area contributed by atoms with Crippen molar-refractivity contribution in [3.63, 3.8) is 0 Å². The van der Waals surface area contributed by atoms with Gasteiger partial charge in [0, 0.05) is 37.6 Å². The molecule has 0 spiro atoms. The smallest absolute Gasteiger partial charge is 0.304 e. The molecule has 0 saturated carbocycles. The van der Waals surface area contributed by atoms with Gasteiger partial charge in [-0.3, -0.25) is 9.59 Å². The highest BCUT2D eigenvalue weighted by Gasteiger charge is 2.27. The Bertz CT molecular complexity index is 1370. The van der Waals surface area contributed by atoms with Gasteiger partial charge in [-0.2, -0.15) is 0 Å². The largest absolute Gasteiger partial charge is 0.481 e. The SMILES string of the molecule is CCN(NC)c1ccc(C(CC(=O)O)c2ccc3c(c2)CN(C(=O)c2ccc(Cl)cc2Cl)CC3)c(C)c1N. The number of anilines is 2. The van der Waals surface area contributed by atoms with Crippen LogP contribution >= 0.6 is 23.2 Å². The first-order valence-corrected chi connectivity index (χ1v) is 13.3. The van der Waals surface area contributed by atoms with Crippen molar-refractivity contribution < 1.29 is 14.7 Å². The molecule has 9 heteroatoms. The van der Waals surface area contributed by atoms with Gasteiger partial charge in [0.25, 0.3) is 5.91 Å². The highest BCUT2D eigenvalue weighted by molar-refractivity contribution is 6.36. The van der Waals surface area contributed by atoms with Gasteiger partial charge in [0.1, 0.15) is 0 Å². The van der Waals surface area contributed by atoms with Crippen molar-refractivity contribution in [3.8, 4) is 0 Å². The lowest BCUT2D eigenvalue weighted by atomic mass is 9.83. The Labute approximate surface area is 233 Å². The molecule has 1 amide bonds. The number of nitrogens with one attached hydrogen (secondary N) is 1. The van der Waals surface area contributed by atoms with Crippen LogP contribution in [0.25, 0.3) is 0 Å². The number of benzene rings is 3. The predicted molar refractivity (Wildman–Crippen MR) is 153 cm³/mol. The Morgan fingerprint density at radius 2 is 1.89 bits per heavy atom. The van der Waals surface area contributed by atoms with Crippen molar-refractivity contribution in [2.24, 2.45) is 0 Å². The second-order valence-electron chi connectivity index (χ2n) is 9.46. The predicted octanol–water partition coefficient (Wildman–Crippen LogP) is 5.65. The molecule has 0 aromatic heterocycles. The molecule has 0 bridgehead atoms. The number of carbonyl (C=O) groups is 2. The van der Waals surface area contributed by atoms with Crippen molar-refractivity contribution in [2.75, 3.05) is 30.9 Å². The van der Waals surface area contributed by atoms with Gasteiger partial charge in [0.05, 0.1) is 28.4 Å². The number of nitrogens with two attached hydrogens (primary N) is 1. The number of halogens is 2. The van der Waals surface area contributed by atoms with E-state index in [1.807, 2.05) is 56.2 Å². The average molecular weight is 556 g/mol. The van der Waals surface area contributed by atoms with E-state index in [9.17, 15) is 14.7 Å². The summed E-state index contributed by atoms with van der Waals surface area (Å²) in [5.41, 5.74) is 16.3. The van der Waals surface area contributed by atoms with E-state index in [1.165, 1.54) is 0 Å². The van der Waals surface area contributed by atoms with Gasteiger partial charge in [-0.15, -0.1) is 0 Å². The second kappa shape index (κ2) is 11.6. The number of aliphatic carboxylic acids is 1. The van der Waals surface area contributed by atoms with Gasteiger partial charge < -0.3 is 20.7 Å². The fraction of sp³-hybridized carbons (Fsp3) is 0.310. The highest BCUT2D eigenvalue weighted by Crippen LogP contribution is 2.38. The third-order valence-corrected chi connectivity index (χ3v) is 7.81. The zero-order valence-corrected chi connectivity index (χ0v) is 23.2. The van der Waals surface area contributed by atoms with Crippen molar-refractivity contribution in [1.29, 1.82) is 0 Å². The first kappa shape index (κ1) is 27.8. The molecule has 0 fully saturated rings. The molecule has 1 atom stereocenters. The fourth-order valence-electron chi connectivity index (χ4n) is 5.18. The van der Waals surface area contributed by atoms with Gasteiger partial charge in [0.2, 0.25) is 0 Å². The first-order chi connectivity index (χ1) is 18.1. The Morgan fingerprint density at radius 1 is 1.13 bits per heavy atom.